The first-order chi connectivity index (χ1) is 9.08. The summed E-state index contributed by atoms with van der Waals surface area (Å²) in [5.41, 5.74) is 1.47. The van der Waals surface area contributed by atoms with Crippen molar-refractivity contribution in [2.75, 3.05) is 11.9 Å². The Morgan fingerprint density at radius 3 is 2.53 bits per heavy atom. The van der Waals surface area contributed by atoms with Gasteiger partial charge in [-0.2, -0.15) is 0 Å². The zero-order chi connectivity index (χ0) is 13.8. The van der Waals surface area contributed by atoms with E-state index in [0.717, 1.165) is 10.2 Å². The van der Waals surface area contributed by atoms with Gasteiger partial charge >= 0.3 is 0 Å². The molecule has 0 aliphatic heterocycles. The number of halogens is 3. The second-order valence-corrected chi connectivity index (χ2v) is 5.77. The summed E-state index contributed by atoms with van der Waals surface area (Å²) in [4.78, 5) is 0. The molecule has 0 amide bonds. The van der Waals surface area contributed by atoms with Gasteiger partial charge < -0.3 is 10.4 Å². The summed E-state index contributed by atoms with van der Waals surface area (Å²) in [6.45, 7) is 0.338. The van der Waals surface area contributed by atoms with Gasteiger partial charge in [-0.15, -0.1) is 0 Å². The lowest BCUT2D eigenvalue weighted by atomic mass is 10.1. The minimum absolute atomic E-state index is 0.338. The van der Waals surface area contributed by atoms with Crippen molar-refractivity contribution in [3.8, 4) is 0 Å². The van der Waals surface area contributed by atoms with Crippen molar-refractivity contribution in [2.45, 2.75) is 6.10 Å². The van der Waals surface area contributed by atoms with Gasteiger partial charge in [0.2, 0.25) is 0 Å². The van der Waals surface area contributed by atoms with Crippen molar-refractivity contribution < 1.29 is 5.11 Å². The molecule has 0 aliphatic rings. The molecule has 5 heteroatoms. The van der Waals surface area contributed by atoms with E-state index in [1.54, 1.807) is 18.2 Å². The second kappa shape index (κ2) is 6.62. The molecule has 2 rings (SSSR count). The van der Waals surface area contributed by atoms with Crippen molar-refractivity contribution >= 4 is 44.8 Å². The van der Waals surface area contributed by atoms with Crippen LogP contribution in [0.1, 0.15) is 11.7 Å². The van der Waals surface area contributed by atoms with E-state index in [1.807, 2.05) is 24.3 Å². The SMILES string of the molecule is OC(CNc1ccc(Br)cc1Cl)c1ccccc1Cl. The molecule has 0 spiro atoms. The highest BCUT2D eigenvalue weighted by atomic mass is 79.9. The maximum atomic E-state index is 10.1. The molecule has 0 bridgehead atoms. The van der Waals surface area contributed by atoms with Crippen LogP contribution in [-0.4, -0.2) is 11.7 Å². The average molecular weight is 361 g/mol. The number of hydrogen-bond donors (Lipinski definition) is 2. The second-order valence-electron chi connectivity index (χ2n) is 4.04. The van der Waals surface area contributed by atoms with Crippen molar-refractivity contribution in [1.82, 2.24) is 0 Å². The molecule has 0 radical (unpaired) electrons. The van der Waals surface area contributed by atoms with Crippen LogP contribution in [0.5, 0.6) is 0 Å². The Kier molecular flexibility index (Phi) is 5.11. The lowest BCUT2D eigenvalue weighted by molar-refractivity contribution is 0.192. The third-order valence-corrected chi connectivity index (χ3v) is 3.83. The molecule has 2 aromatic carbocycles. The zero-order valence-corrected chi connectivity index (χ0v) is 13.0. The fraction of sp³-hybridized carbons (Fsp3) is 0.143. The molecule has 0 aliphatic carbocycles. The van der Waals surface area contributed by atoms with E-state index in [4.69, 9.17) is 23.2 Å². The van der Waals surface area contributed by atoms with Gasteiger partial charge in [0.15, 0.2) is 0 Å². The highest BCUT2D eigenvalue weighted by molar-refractivity contribution is 9.10. The van der Waals surface area contributed by atoms with Crippen molar-refractivity contribution in [3.63, 3.8) is 0 Å². The summed E-state index contributed by atoms with van der Waals surface area (Å²) in [6, 6.07) is 12.8. The van der Waals surface area contributed by atoms with Crippen LogP contribution in [-0.2, 0) is 0 Å². The molecule has 0 fully saturated rings. The van der Waals surface area contributed by atoms with Crippen LogP contribution in [0.4, 0.5) is 5.69 Å². The summed E-state index contributed by atoms with van der Waals surface area (Å²) in [6.07, 6.45) is -0.687. The van der Waals surface area contributed by atoms with E-state index in [-0.39, 0.29) is 0 Å². The van der Waals surface area contributed by atoms with Gasteiger partial charge in [0, 0.05) is 21.6 Å². The highest BCUT2D eigenvalue weighted by Gasteiger charge is 2.11. The largest absolute Gasteiger partial charge is 0.387 e. The van der Waals surface area contributed by atoms with Gasteiger partial charge in [-0.1, -0.05) is 57.3 Å². The molecule has 0 heterocycles. The van der Waals surface area contributed by atoms with E-state index in [2.05, 4.69) is 21.2 Å². The fourth-order valence-electron chi connectivity index (χ4n) is 1.69. The molecule has 100 valence electrons. The van der Waals surface area contributed by atoms with Gasteiger partial charge in [-0.25, -0.2) is 0 Å². The monoisotopic (exact) mass is 359 g/mol. The van der Waals surface area contributed by atoms with E-state index in [0.29, 0.717) is 22.2 Å². The summed E-state index contributed by atoms with van der Waals surface area (Å²) in [5, 5.41) is 14.4. The Morgan fingerprint density at radius 1 is 1.11 bits per heavy atom. The van der Waals surface area contributed by atoms with Gasteiger partial charge in [-0.05, 0) is 24.3 Å². The van der Waals surface area contributed by atoms with Crippen molar-refractivity contribution in [1.29, 1.82) is 0 Å². The normalized spacial score (nSPS) is 12.2. The first kappa shape index (κ1) is 14.7. The molecule has 0 aromatic heterocycles. The highest BCUT2D eigenvalue weighted by Crippen LogP contribution is 2.27. The molecule has 1 atom stereocenters. The zero-order valence-electron chi connectivity index (χ0n) is 9.91. The number of hydrogen-bond acceptors (Lipinski definition) is 2. The van der Waals surface area contributed by atoms with Gasteiger partial charge in [0.1, 0.15) is 0 Å². The third kappa shape index (κ3) is 3.86. The lowest BCUT2D eigenvalue weighted by Gasteiger charge is -2.15. The van der Waals surface area contributed by atoms with E-state index in [9.17, 15) is 5.11 Å². The molecular formula is C14H12BrCl2NO. The van der Waals surface area contributed by atoms with Crippen LogP contribution in [0.15, 0.2) is 46.9 Å². The third-order valence-electron chi connectivity index (χ3n) is 2.68. The first-order valence-corrected chi connectivity index (χ1v) is 7.24. The average Bonchev–Trinajstić information content (AvgIpc) is 2.38. The summed E-state index contributed by atoms with van der Waals surface area (Å²) in [7, 11) is 0. The first-order valence-electron chi connectivity index (χ1n) is 5.69. The lowest BCUT2D eigenvalue weighted by Crippen LogP contribution is -2.12. The van der Waals surface area contributed by atoms with Crippen molar-refractivity contribution in [3.05, 3.63) is 62.5 Å². The van der Waals surface area contributed by atoms with E-state index in [1.165, 1.54) is 0 Å². The van der Waals surface area contributed by atoms with Crippen LogP contribution >= 0.6 is 39.1 Å². The molecule has 2 N–H and O–H groups in total. The molecule has 0 saturated carbocycles. The van der Waals surface area contributed by atoms with Crippen molar-refractivity contribution in [2.24, 2.45) is 0 Å². The van der Waals surface area contributed by atoms with Gasteiger partial charge in [-0.3, -0.25) is 0 Å². The summed E-state index contributed by atoms with van der Waals surface area (Å²) < 4.78 is 0.912. The predicted octanol–water partition coefficient (Wildman–Crippen LogP) is 4.90. The number of aliphatic hydroxyl groups is 1. The predicted molar refractivity (Wildman–Crippen MR) is 84.1 cm³/mol. The molecule has 1 unspecified atom stereocenters. The topological polar surface area (TPSA) is 32.3 Å². The Balaban J connectivity index is 2.04. The number of anilines is 1. The van der Waals surface area contributed by atoms with Crippen LogP contribution in [0, 0.1) is 0 Å². The molecule has 2 aromatic rings. The van der Waals surface area contributed by atoms with E-state index < -0.39 is 6.10 Å². The van der Waals surface area contributed by atoms with E-state index >= 15 is 0 Å². The Labute approximate surface area is 130 Å². The number of benzene rings is 2. The summed E-state index contributed by atoms with van der Waals surface area (Å²) >= 11 is 15.5. The minimum Gasteiger partial charge on any atom is -0.387 e. The Morgan fingerprint density at radius 2 is 1.84 bits per heavy atom. The smallest absolute Gasteiger partial charge is 0.0976 e. The van der Waals surface area contributed by atoms with Gasteiger partial charge in [0.05, 0.1) is 16.8 Å². The number of aliphatic hydroxyl groups excluding tert-OH is 1. The molecular weight excluding hydrogens is 349 g/mol. The quantitative estimate of drug-likeness (QED) is 0.812. The van der Waals surface area contributed by atoms with Crippen LogP contribution < -0.4 is 5.32 Å². The summed E-state index contributed by atoms with van der Waals surface area (Å²) in [5.74, 6) is 0. The van der Waals surface area contributed by atoms with Crippen LogP contribution in [0.25, 0.3) is 0 Å². The van der Waals surface area contributed by atoms with Gasteiger partial charge in [0.25, 0.3) is 0 Å². The maximum Gasteiger partial charge on any atom is 0.0976 e. The standard InChI is InChI=1S/C14H12BrCl2NO/c15-9-5-6-13(12(17)7-9)18-8-14(19)10-3-1-2-4-11(10)16/h1-7,14,18-19H,8H2. The van der Waals surface area contributed by atoms with Crippen LogP contribution in [0.2, 0.25) is 10.0 Å². The minimum atomic E-state index is -0.687. The van der Waals surface area contributed by atoms with Crippen LogP contribution in [0.3, 0.4) is 0 Å². The number of nitrogens with one attached hydrogen (secondary N) is 1. The fourth-order valence-corrected chi connectivity index (χ4v) is 2.70. The molecule has 0 saturated heterocycles. The molecule has 19 heavy (non-hydrogen) atoms. The molecule has 2 nitrogen and oxygen atoms in total. The maximum absolute atomic E-state index is 10.1. The Bertz CT molecular complexity index is 577. The Hall–Kier alpha value is -0.740. The number of rotatable bonds is 4.